The molecule has 3 N–H and O–H groups in total. The number of aromatic nitrogens is 2. The minimum Gasteiger partial charge on any atom is -0.328 e. The third-order valence-electron chi connectivity index (χ3n) is 3.13. The quantitative estimate of drug-likeness (QED) is 0.887. The largest absolute Gasteiger partial charge is 0.416 e. The molecule has 0 aliphatic rings. The third-order valence-corrected chi connectivity index (χ3v) is 3.13. The molecule has 1 aromatic carbocycles. The number of halogens is 3. The van der Waals surface area contributed by atoms with E-state index in [0.29, 0.717) is 12.1 Å². The van der Waals surface area contributed by atoms with E-state index in [-0.39, 0.29) is 24.1 Å². The Hall–Kier alpha value is -2.35. The van der Waals surface area contributed by atoms with Crippen LogP contribution in [0.1, 0.15) is 25.3 Å². The highest BCUT2D eigenvalue weighted by molar-refractivity contribution is 5.90. The van der Waals surface area contributed by atoms with Crippen LogP contribution in [0.15, 0.2) is 36.7 Å². The molecule has 1 heterocycles. The second kappa shape index (κ2) is 6.82. The molecule has 0 saturated carbocycles. The number of rotatable bonds is 5. The molecule has 0 spiro atoms. The Kier molecular flexibility index (Phi) is 5.05. The molecule has 2 aromatic rings. The van der Waals surface area contributed by atoms with Gasteiger partial charge in [0.2, 0.25) is 5.91 Å². The normalized spacial score (nSPS) is 12.9. The average molecular weight is 326 g/mol. The minimum atomic E-state index is -4.42. The van der Waals surface area contributed by atoms with Crippen LogP contribution in [-0.4, -0.2) is 21.7 Å². The number of hydrogen-bond donors (Lipinski definition) is 2. The summed E-state index contributed by atoms with van der Waals surface area (Å²) in [7, 11) is 0. The second-order valence-corrected chi connectivity index (χ2v) is 5.29. The molecule has 8 heteroatoms. The van der Waals surface area contributed by atoms with E-state index in [0.717, 1.165) is 12.1 Å². The highest BCUT2D eigenvalue weighted by atomic mass is 19.4. The van der Waals surface area contributed by atoms with Crippen molar-refractivity contribution in [3.05, 3.63) is 42.2 Å². The number of nitrogens with zero attached hydrogens (tertiary/aromatic N) is 2. The number of benzene rings is 1. The fourth-order valence-electron chi connectivity index (χ4n) is 1.94. The van der Waals surface area contributed by atoms with Gasteiger partial charge in [-0.15, -0.1) is 0 Å². The molecule has 2 rings (SSSR count). The van der Waals surface area contributed by atoms with Gasteiger partial charge >= 0.3 is 6.18 Å². The smallest absolute Gasteiger partial charge is 0.328 e. The molecular formula is C15H17F3N4O. The van der Waals surface area contributed by atoms with Crippen molar-refractivity contribution in [2.24, 2.45) is 5.73 Å². The van der Waals surface area contributed by atoms with Crippen molar-refractivity contribution in [1.29, 1.82) is 0 Å². The number of amides is 1. The Morgan fingerprint density at radius 2 is 2.17 bits per heavy atom. The first kappa shape index (κ1) is 17.0. The monoisotopic (exact) mass is 326 g/mol. The number of hydrogen-bond acceptors (Lipinski definition) is 3. The van der Waals surface area contributed by atoms with Crippen LogP contribution in [0.5, 0.6) is 0 Å². The van der Waals surface area contributed by atoms with Gasteiger partial charge in [-0.3, -0.25) is 4.79 Å². The van der Waals surface area contributed by atoms with Crippen molar-refractivity contribution in [2.75, 3.05) is 5.32 Å². The lowest BCUT2D eigenvalue weighted by molar-refractivity contribution is -0.137. The van der Waals surface area contributed by atoms with Gasteiger partial charge < -0.3 is 11.1 Å². The summed E-state index contributed by atoms with van der Waals surface area (Å²) in [4.78, 5) is 11.7. The molecule has 1 atom stereocenters. The molecule has 0 aliphatic heterocycles. The van der Waals surface area contributed by atoms with Crippen LogP contribution in [0.3, 0.4) is 0 Å². The molecule has 1 amide bonds. The molecule has 124 valence electrons. The maximum atomic E-state index is 12.7. The van der Waals surface area contributed by atoms with Crippen molar-refractivity contribution in [3.63, 3.8) is 0 Å². The van der Waals surface area contributed by atoms with E-state index in [4.69, 9.17) is 5.73 Å². The summed E-state index contributed by atoms with van der Waals surface area (Å²) in [6.45, 7) is 1.80. The van der Waals surface area contributed by atoms with Gasteiger partial charge in [0.05, 0.1) is 29.3 Å². The van der Waals surface area contributed by atoms with E-state index < -0.39 is 11.7 Å². The topological polar surface area (TPSA) is 72.9 Å². The van der Waals surface area contributed by atoms with E-state index in [2.05, 4.69) is 10.4 Å². The predicted molar refractivity (Wildman–Crippen MR) is 80.1 cm³/mol. The van der Waals surface area contributed by atoms with Crippen LogP contribution in [0, 0.1) is 0 Å². The average Bonchev–Trinajstić information content (AvgIpc) is 2.93. The fraction of sp³-hybridized carbons (Fsp3) is 0.333. The van der Waals surface area contributed by atoms with Crippen LogP contribution in [0.2, 0.25) is 0 Å². The van der Waals surface area contributed by atoms with E-state index in [1.165, 1.54) is 29.2 Å². The number of carbonyl (C=O) groups excluding carboxylic acids is 1. The maximum Gasteiger partial charge on any atom is 0.416 e. The molecule has 5 nitrogen and oxygen atoms in total. The standard InChI is InChI=1S/C15H17F3N4O/c1-10(19)5-6-14(23)21-12-8-20-22(9-12)13-4-2-3-11(7-13)15(16,17)18/h2-4,7-10H,5-6,19H2,1H3,(H,21,23). The summed E-state index contributed by atoms with van der Waals surface area (Å²) < 4.78 is 39.4. The van der Waals surface area contributed by atoms with Crippen molar-refractivity contribution in [3.8, 4) is 5.69 Å². The first-order valence-corrected chi connectivity index (χ1v) is 7.03. The number of anilines is 1. The SMILES string of the molecule is CC(N)CCC(=O)Nc1cnn(-c2cccc(C(F)(F)F)c2)c1. The Morgan fingerprint density at radius 3 is 2.83 bits per heavy atom. The lowest BCUT2D eigenvalue weighted by atomic mass is 10.2. The molecule has 0 fully saturated rings. The zero-order valence-electron chi connectivity index (χ0n) is 12.5. The van der Waals surface area contributed by atoms with Crippen molar-refractivity contribution >= 4 is 11.6 Å². The maximum absolute atomic E-state index is 12.7. The van der Waals surface area contributed by atoms with Crippen LogP contribution >= 0.6 is 0 Å². The van der Waals surface area contributed by atoms with Gasteiger partial charge in [0.1, 0.15) is 0 Å². The first-order chi connectivity index (χ1) is 10.8. The summed E-state index contributed by atoms with van der Waals surface area (Å²) in [5.74, 6) is -0.217. The molecule has 0 aliphatic carbocycles. The number of alkyl halides is 3. The van der Waals surface area contributed by atoms with Crippen LogP contribution in [0.4, 0.5) is 18.9 Å². The van der Waals surface area contributed by atoms with Gasteiger partial charge in [-0.25, -0.2) is 4.68 Å². The minimum absolute atomic E-state index is 0.0754. The van der Waals surface area contributed by atoms with E-state index in [9.17, 15) is 18.0 Å². The molecule has 23 heavy (non-hydrogen) atoms. The van der Waals surface area contributed by atoms with E-state index >= 15 is 0 Å². The summed E-state index contributed by atoms with van der Waals surface area (Å²) >= 11 is 0. The third kappa shape index (κ3) is 4.82. The predicted octanol–water partition coefficient (Wildman–Crippen LogP) is 2.96. The van der Waals surface area contributed by atoms with E-state index in [1.54, 1.807) is 6.92 Å². The summed E-state index contributed by atoms with van der Waals surface area (Å²) in [6, 6.07) is 4.72. The molecule has 0 bridgehead atoms. The highest BCUT2D eigenvalue weighted by Gasteiger charge is 2.30. The summed E-state index contributed by atoms with van der Waals surface area (Å²) in [5.41, 5.74) is 5.49. The van der Waals surface area contributed by atoms with Crippen LogP contribution in [0.25, 0.3) is 5.69 Å². The lowest BCUT2D eigenvalue weighted by Gasteiger charge is -2.08. The molecular weight excluding hydrogens is 309 g/mol. The Balaban J connectivity index is 2.09. The molecule has 0 radical (unpaired) electrons. The Bertz CT molecular complexity index is 679. The van der Waals surface area contributed by atoms with E-state index in [1.807, 2.05) is 0 Å². The molecule has 1 unspecified atom stereocenters. The molecule has 1 aromatic heterocycles. The van der Waals surface area contributed by atoms with Gasteiger partial charge in [-0.2, -0.15) is 18.3 Å². The van der Waals surface area contributed by atoms with Gasteiger partial charge in [-0.05, 0) is 31.5 Å². The highest BCUT2D eigenvalue weighted by Crippen LogP contribution is 2.30. The Labute approximate surface area is 131 Å². The van der Waals surface area contributed by atoms with Crippen LogP contribution in [-0.2, 0) is 11.0 Å². The summed E-state index contributed by atoms with van der Waals surface area (Å²) in [5, 5.41) is 6.60. The fourth-order valence-corrected chi connectivity index (χ4v) is 1.94. The van der Waals surface area contributed by atoms with Gasteiger partial charge in [0.25, 0.3) is 0 Å². The number of nitrogens with one attached hydrogen (secondary N) is 1. The zero-order valence-corrected chi connectivity index (χ0v) is 12.5. The van der Waals surface area contributed by atoms with Crippen molar-refractivity contribution in [1.82, 2.24) is 9.78 Å². The Morgan fingerprint density at radius 1 is 1.43 bits per heavy atom. The number of carbonyl (C=O) groups is 1. The summed E-state index contributed by atoms with van der Waals surface area (Å²) in [6.07, 6.45) is -0.761. The zero-order chi connectivity index (χ0) is 17.0. The number of nitrogens with two attached hydrogens (primary N) is 1. The van der Waals surface area contributed by atoms with Crippen molar-refractivity contribution in [2.45, 2.75) is 32.0 Å². The van der Waals surface area contributed by atoms with Gasteiger partial charge in [0.15, 0.2) is 0 Å². The first-order valence-electron chi connectivity index (χ1n) is 7.03. The van der Waals surface area contributed by atoms with Gasteiger partial charge in [0, 0.05) is 12.5 Å². The van der Waals surface area contributed by atoms with Crippen LogP contribution < -0.4 is 11.1 Å². The van der Waals surface area contributed by atoms with Crippen molar-refractivity contribution < 1.29 is 18.0 Å². The molecule has 0 saturated heterocycles. The lowest BCUT2D eigenvalue weighted by Crippen LogP contribution is -2.19. The second-order valence-electron chi connectivity index (χ2n) is 5.29. The van der Waals surface area contributed by atoms with Gasteiger partial charge in [-0.1, -0.05) is 6.07 Å².